The maximum Gasteiger partial charge on any atom is 0.336 e. The summed E-state index contributed by atoms with van der Waals surface area (Å²) in [6.45, 7) is -0.318. The normalized spacial score (nSPS) is 11.6. The van der Waals surface area contributed by atoms with Gasteiger partial charge in [0, 0.05) is 6.20 Å². The van der Waals surface area contributed by atoms with Crippen LogP contribution in [0.2, 0.25) is 0 Å². The highest BCUT2D eigenvalue weighted by molar-refractivity contribution is 5.95. The van der Waals surface area contributed by atoms with E-state index in [4.69, 9.17) is 0 Å². The summed E-state index contributed by atoms with van der Waals surface area (Å²) in [7, 11) is 1.12. The molecule has 0 fully saturated rings. The molecule has 1 amide bonds. The molecule has 7 heteroatoms. The van der Waals surface area contributed by atoms with E-state index >= 15 is 0 Å². The van der Waals surface area contributed by atoms with Crippen molar-refractivity contribution >= 4 is 11.9 Å². The lowest BCUT2D eigenvalue weighted by molar-refractivity contribution is -0.149. The van der Waals surface area contributed by atoms with Crippen molar-refractivity contribution in [3.8, 4) is 5.75 Å². The fourth-order valence-electron chi connectivity index (χ4n) is 1.06. The van der Waals surface area contributed by atoms with Crippen LogP contribution in [0.25, 0.3) is 0 Å². The molecule has 0 aliphatic rings. The Morgan fingerprint density at radius 2 is 2.29 bits per heavy atom. The molecule has 1 aromatic rings. The first-order valence-electron chi connectivity index (χ1n) is 4.74. The topological polar surface area (TPSA) is 109 Å². The number of hydrogen-bond acceptors (Lipinski definition) is 6. The van der Waals surface area contributed by atoms with Gasteiger partial charge in [-0.15, -0.1) is 0 Å². The van der Waals surface area contributed by atoms with Gasteiger partial charge in [0.2, 0.25) is 0 Å². The molecule has 1 aromatic heterocycles. The molecule has 0 bridgehead atoms. The molecule has 0 spiro atoms. The van der Waals surface area contributed by atoms with Crippen LogP contribution in [-0.2, 0) is 9.53 Å². The van der Waals surface area contributed by atoms with Gasteiger partial charge in [-0.3, -0.25) is 4.79 Å². The van der Waals surface area contributed by atoms with Gasteiger partial charge >= 0.3 is 5.97 Å². The van der Waals surface area contributed by atoms with Crippen LogP contribution in [0.15, 0.2) is 18.3 Å². The number of amides is 1. The van der Waals surface area contributed by atoms with Gasteiger partial charge in [0.15, 0.2) is 11.8 Å². The number of ether oxygens (including phenoxy) is 1. The standard InChI is InChI=1S/C10H12N2O5/c1-17-10(16)7(14)5-12-9(15)8-6(13)3-2-4-11-8/h2-4,7,13-14H,5H2,1H3,(H,12,15). The molecule has 0 aliphatic heterocycles. The molecule has 17 heavy (non-hydrogen) atoms. The Hall–Kier alpha value is -2.15. The summed E-state index contributed by atoms with van der Waals surface area (Å²) >= 11 is 0. The predicted molar refractivity (Wildman–Crippen MR) is 56.3 cm³/mol. The van der Waals surface area contributed by atoms with E-state index in [9.17, 15) is 19.8 Å². The molecular weight excluding hydrogens is 228 g/mol. The molecule has 1 heterocycles. The minimum absolute atomic E-state index is 0.176. The zero-order chi connectivity index (χ0) is 12.8. The average Bonchev–Trinajstić information content (AvgIpc) is 2.35. The fraction of sp³-hybridized carbons (Fsp3) is 0.300. The highest BCUT2D eigenvalue weighted by Crippen LogP contribution is 2.11. The number of hydrogen-bond donors (Lipinski definition) is 3. The summed E-state index contributed by atoms with van der Waals surface area (Å²) in [6.07, 6.45) is -0.111. The maximum atomic E-state index is 11.5. The van der Waals surface area contributed by atoms with Gasteiger partial charge < -0.3 is 20.3 Å². The number of methoxy groups -OCH3 is 1. The third kappa shape index (κ3) is 3.42. The first-order chi connectivity index (χ1) is 8.06. The predicted octanol–water partition coefficient (Wildman–Crippen LogP) is -0.949. The summed E-state index contributed by atoms with van der Waals surface area (Å²) in [6, 6.07) is 2.77. The summed E-state index contributed by atoms with van der Waals surface area (Å²) in [5, 5.41) is 20.8. The summed E-state index contributed by atoms with van der Waals surface area (Å²) < 4.78 is 4.27. The number of aliphatic hydroxyl groups is 1. The molecule has 0 aromatic carbocycles. The summed E-state index contributed by atoms with van der Waals surface area (Å²) in [5.41, 5.74) is -0.176. The van der Waals surface area contributed by atoms with Gasteiger partial charge in [-0.05, 0) is 12.1 Å². The quantitative estimate of drug-likeness (QED) is 0.585. The van der Waals surface area contributed by atoms with Crippen molar-refractivity contribution in [3.63, 3.8) is 0 Å². The van der Waals surface area contributed by atoms with Crippen LogP contribution >= 0.6 is 0 Å². The highest BCUT2D eigenvalue weighted by Gasteiger charge is 2.18. The second-order valence-corrected chi connectivity index (χ2v) is 3.12. The number of nitrogens with zero attached hydrogens (tertiary/aromatic N) is 1. The monoisotopic (exact) mass is 240 g/mol. The van der Waals surface area contributed by atoms with Crippen molar-refractivity contribution in [2.24, 2.45) is 0 Å². The van der Waals surface area contributed by atoms with E-state index < -0.39 is 18.0 Å². The second-order valence-electron chi connectivity index (χ2n) is 3.12. The van der Waals surface area contributed by atoms with Crippen LogP contribution in [0, 0.1) is 0 Å². The van der Waals surface area contributed by atoms with Crippen LogP contribution < -0.4 is 5.32 Å². The van der Waals surface area contributed by atoms with Crippen LogP contribution in [-0.4, -0.2) is 46.8 Å². The number of carbonyl (C=O) groups is 2. The summed E-state index contributed by atoms with van der Waals surface area (Å²) in [5.74, 6) is -1.82. The van der Waals surface area contributed by atoms with Crippen LogP contribution in [0.3, 0.4) is 0 Å². The lowest BCUT2D eigenvalue weighted by atomic mass is 10.3. The number of rotatable bonds is 4. The lowest BCUT2D eigenvalue weighted by Gasteiger charge is -2.09. The summed E-state index contributed by atoms with van der Waals surface area (Å²) in [4.78, 5) is 26.0. The number of carbonyl (C=O) groups excluding carboxylic acids is 2. The van der Waals surface area contributed by atoms with E-state index in [1.54, 1.807) is 0 Å². The molecule has 3 N–H and O–H groups in total. The van der Waals surface area contributed by atoms with Gasteiger partial charge in [0.1, 0.15) is 5.75 Å². The lowest BCUT2D eigenvalue weighted by Crippen LogP contribution is -2.37. The molecule has 0 aliphatic carbocycles. The molecule has 7 nitrogen and oxygen atoms in total. The Morgan fingerprint density at radius 3 is 2.88 bits per heavy atom. The Kier molecular flexibility index (Phi) is 4.41. The maximum absolute atomic E-state index is 11.5. The molecular formula is C10H12N2O5. The minimum Gasteiger partial charge on any atom is -0.505 e. The molecule has 92 valence electrons. The van der Waals surface area contributed by atoms with Crippen LogP contribution in [0.4, 0.5) is 0 Å². The van der Waals surface area contributed by atoms with E-state index in [1.165, 1.54) is 18.3 Å². The molecule has 1 rings (SSSR count). The average molecular weight is 240 g/mol. The zero-order valence-corrected chi connectivity index (χ0v) is 9.08. The second kappa shape index (κ2) is 5.80. The van der Waals surface area contributed by atoms with E-state index in [0.29, 0.717) is 0 Å². The van der Waals surface area contributed by atoms with Gasteiger partial charge in [-0.1, -0.05) is 0 Å². The SMILES string of the molecule is COC(=O)C(O)CNC(=O)c1ncccc1O. The number of esters is 1. The van der Waals surface area contributed by atoms with Gasteiger partial charge in [-0.25, -0.2) is 9.78 Å². The molecule has 0 saturated carbocycles. The number of aliphatic hydroxyl groups excluding tert-OH is 1. The van der Waals surface area contributed by atoms with E-state index in [0.717, 1.165) is 7.11 Å². The molecule has 0 radical (unpaired) electrons. The van der Waals surface area contributed by atoms with Crippen molar-refractivity contribution in [1.82, 2.24) is 10.3 Å². The Morgan fingerprint density at radius 1 is 1.59 bits per heavy atom. The van der Waals surface area contributed by atoms with E-state index in [-0.39, 0.29) is 18.0 Å². The van der Waals surface area contributed by atoms with Crippen molar-refractivity contribution < 1.29 is 24.5 Å². The zero-order valence-electron chi connectivity index (χ0n) is 9.08. The number of aromatic nitrogens is 1. The largest absolute Gasteiger partial charge is 0.505 e. The Bertz CT molecular complexity index is 421. The third-order valence-electron chi connectivity index (χ3n) is 1.93. The molecule has 1 unspecified atom stereocenters. The van der Waals surface area contributed by atoms with Gasteiger partial charge in [-0.2, -0.15) is 0 Å². The van der Waals surface area contributed by atoms with Crippen LogP contribution in [0.5, 0.6) is 5.75 Å². The van der Waals surface area contributed by atoms with Crippen molar-refractivity contribution in [1.29, 1.82) is 0 Å². The van der Waals surface area contributed by atoms with E-state index in [1.807, 2.05) is 0 Å². The van der Waals surface area contributed by atoms with Crippen molar-refractivity contribution in [2.45, 2.75) is 6.10 Å². The van der Waals surface area contributed by atoms with Crippen molar-refractivity contribution in [3.05, 3.63) is 24.0 Å². The number of pyridine rings is 1. The highest BCUT2D eigenvalue weighted by atomic mass is 16.5. The minimum atomic E-state index is -1.45. The molecule has 1 atom stereocenters. The third-order valence-corrected chi connectivity index (χ3v) is 1.93. The van der Waals surface area contributed by atoms with Crippen LogP contribution in [0.1, 0.15) is 10.5 Å². The smallest absolute Gasteiger partial charge is 0.336 e. The Labute approximate surface area is 97.1 Å². The number of aromatic hydroxyl groups is 1. The van der Waals surface area contributed by atoms with E-state index in [2.05, 4.69) is 15.0 Å². The van der Waals surface area contributed by atoms with Gasteiger partial charge in [0.05, 0.1) is 13.7 Å². The van der Waals surface area contributed by atoms with Gasteiger partial charge in [0.25, 0.3) is 5.91 Å². The first-order valence-corrected chi connectivity index (χ1v) is 4.74. The Balaban J connectivity index is 2.57. The molecule has 0 saturated heterocycles. The van der Waals surface area contributed by atoms with Crippen molar-refractivity contribution in [2.75, 3.05) is 13.7 Å². The number of nitrogens with one attached hydrogen (secondary N) is 1. The first kappa shape index (κ1) is 12.9. The fourth-order valence-corrected chi connectivity index (χ4v) is 1.06.